The van der Waals surface area contributed by atoms with E-state index in [-0.39, 0.29) is 0 Å². The Bertz CT molecular complexity index is 208. The third-order valence-electron chi connectivity index (χ3n) is 0.942. The Morgan fingerprint density at radius 1 is 1.27 bits per heavy atom. The van der Waals surface area contributed by atoms with Crippen molar-refractivity contribution in [2.75, 3.05) is 0 Å². The third-order valence-corrected chi connectivity index (χ3v) is 0.942. The molecule has 60 valence electrons. The first kappa shape index (κ1) is 9.82. The summed E-state index contributed by atoms with van der Waals surface area (Å²) < 4.78 is 0. The van der Waals surface area contributed by atoms with Crippen molar-refractivity contribution < 1.29 is 4.79 Å². The Morgan fingerprint density at radius 3 is 2.36 bits per heavy atom. The summed E-state index contributed by atoms with van der Waals surface area (Å²) in [7, 11) is 0. The Labute approximate surface area is 67.3 Å². The fraction of sp³-hybridized carbons (Fsp3) is 0.333. The van der Waals surface area contributed by atoms with Crippen LogP contribution in [-0.4, -0.2) is 12.5 Å². The van der Waals surface area contributed by atoms with Crippen LogP contribution in [0.1, 0.15) is 20.8 Å². The predicted octanol–water partition coefficient (Wildman–Crippen LogP) is 2.13. The van der Waals surface area contributed by atoms with E-state index >= 15 is 0 Å². The van der Waals surface area contributed by atoms with E-state index in [1.165, 1.54) is 0 Å². The van der Waals surface area contributed by atoms with Crippen molar-refractivity contribution in [1.82, 2.24) is 0 Å². The topological polar surface area (TPSA) is 29.4 Å². The molecule has 0 aliphatic rings. The molecular formula is C9H13NO. The van der Waals surface area contributed by atoms with Crippen molar-refractivity contribution in [2.24, 2.45) is 4.99 Å². The maximum Gasteiger partial charge on any atom is 0.145 e. The zero-order valence-corrected chi connectivity index (χ0v) is 7.16. The van der Waals surface area contributed by atoms with Crippen molar-refractivity contribution in [3.05, 3.63) is 23.4 Å². The average Bonchev–Trinajstić information content (AvgIpc) is 1.97. The van der Waals surface area contributed by atoms with E-state index in [0.29, 0.717) is 5.57 Å². The molecule has 0 aromatic rings. The molecule has 0 atom stereocenters. The molecule has 0 amide bonds. The number of rotatable bonds is 3. The van der Waals surface area contributed by atoms with Crippen LogP contribution < -0.4 is 0 Å². The Hall–Kier alpha value is -1.18. The second kappa shape index (κ2) is 5.59. The largest absolute Gasteiger partial charge is 0.298 e. The van der Waals surface area contributed by atoms with E-state index in [1.54, 1.807) is 25.4 Å². The summed E-state index contributed by atoms with van der Waals surface area (Å²) in [6, 6.07) is 0. The zero-order valence-electron chi connectivity index (χ0n) is 7.16. The highest BCUT2D eigenvalue weighted by Crippen LogP contribution is 1.88. The van der Waals surface area contributed by atoms with Crippen LogP contribution in [0.25, 0.3) is 0 Å². The van der Waals surface area contributed by atoms with Gasteiger partial charge in [-0.05, 0) is 32.4 Å². The van der Waals surface area contributed by atoms with Gasteiger partial charge in [0, 0.05) is 12.4 Å². The minimum Gasteiger partial charge on any atom is -0.298 e. The molecule has 0 saturated heterocycles. The van der Waals surface area contributed by atoms with Crippen LogP contribution in [0, 0.1) is 0 Å². The van der Waals surface area contributed by atoms with Crippen LogP contribution in [0.15, 0.2) is 28.4 Å². The van der Waals surface area contributed by atoms with Gasteiger partial charge in [0.15, 0.2) is 0 Å². The number of aldehydes is 1. The maximum absolute atomic E-state index is 10.1. The summed E-state index contributed by atoms with van der Waals surface area (Å²) in [5, 5.41) is 0. The molecule has 11 heavy (non-hydrogen) atoms. The maximum atomic E-state index is 10.1. The first-order valence-electron chi connectivity index (χ1n) is 3.45. The summed E-state index contributed by atoms with van der Waals surface area (Å²) >= 11 is 0. The predicted molar refractivity (Wildman–Crippen MR) is 47.7 cm³/mol. The van der Waals surface area contributed by atoms with Crippen molar-refractivity contribution >= 4 is 12.5 Å². The van der Waals surface area contributed by atoms with Crippen LogP contribution in [0.2, 0.25) is 0 Å². The lowest BCUT2D eigenvalue weighted by molar-refractivity contribution is -0.104. The molecule has 0 spiro atoms. The van der Waals surface area contributed by atoms with Gasteiger partial charge in [-0.3, -0.25) is 9.79 Å². The molecule has 0 bridgehead atoms. The van der Waals surface area contributed by atoms with Crippen molar-refractivity contribution in [1.29, 1.82) is 0 Å². The lowest BCUT2D eigenvalue weighted by atomic mass is 10.3. The van der Waals surface area contributed by atoms with E-state index in [1.807, 2.05) is 13.8 Å². The molecule has 0 aromatic heterocycles. The quantitative estimate of drug-likeness (QED) is 0.345. The van der Waals surface area contributed by atoms with Crippen molar-refractivity contribution in [2.45, 2.75) is 20.8 Å². The Balaban J connectivity index is 3.96. The summed E-state index contributed by atoms with van der Waals surface area (Å²) in [6.45, 7) is 5.67. The second-order valence-corrected chi connectivity index (χ2v) is 2.53. The van der Waals surface area contributed by atoms with Gasteiger partial charge in [0.25, 0.3) is 0 Å². The van der Waals surface area contributed by atoms with Crippen LogP contribution in [0.3, 0.4) is 0 Å². The number of hydrogen-bond donors (Lipinski definition) is 0. The standard InChI is InChI=1S/C9H13NO/c1-8(2)6-10-5-4-9(3)7-11/h4-7H,1-3H3/b9-4+,10-5?. The van der Waals surface area contributed by atoms with Gasteiger partial charge in [0.2, 0.25) is 0 Å². The van der Waals surface area contributed by atoms with E-state index in [4.69, 9.17) is 0 Å². The van der Waals surface area contributed by atoms with E-state index in [2.05, 4.69) is 4.99 Å². The summed E-state index contributed by atoms with van der Waals surface area (Å²) in [6.07, 6.45) is 5.83. The second-order valence-electron chi connectivity index (χ2n) is 2.53. The Morgan fingerprint density at radius 2 is 1.91 bits per heavy atom. The molecule has 0 aliphatic carbocycles. The minimum absolute atomic E-state index is 0.677. The highest BCUT2D eigenvalue weighted by Gasteiger charge is 1.77. The molecule has 0 radical (unpaired) electrons. The first-order chi connectivity index (χ1) is 5.16. The number of carbonyl (C=O) groups excluding carboxylic acids is 1. The lowest BCUT2D eigenvalue weighted by Crippen LogP contribution is -1.75. The SMILES string of the molecule is CC(C)=CN=C/C=C(\C)C=O. The highest BCUT2D eigenvalue weighted by atomic mass is 16.1. The molecular weight excluding hydrogens is 138 g/mol. The van der Waals surface area contributed by atoms with Gasteiger partial charge in [-0.25, -0.2) is 0 Å². The molecule has 0 fully saturated rings. The molecule has 2 heteroatoms. The summed E-state index contributed by atoms with van der Waals surface area (Å²) in [5.74, 6) is 0. The van der Waals surface area contributed by atoms with Crippen LogP contribution in [0.5, 0.6) is 0 Å². The summed E-state index contributed by atoms with van der Waals surface area (Å²) in [5.41, 5.74) is 1.81. The average molecular weight is 151 g/mol. The first-order valence-corrected chi connectivity index (χ1v) is 3.45. The molecule has 0 aromatic carbocycles. The molecule has 0 N–H and O–H groups in total. The number of allylic oxidation sites excluding steroid dienone is 3. The van der Waals surface area contributed by atoms with Crippen LogP contribution in [-0.2, 0) is 4.79 Å². The van der Waals surface area contributed by atoms with Crippen molar-refractivity contribution in [3.63, 3.8) is 0 Å². The number of nitrogens with zero attached hydrogens (tertiary/aromatic N) is 1. The third kappa shape index (κ3) is 6.71. The minimum atomic E-state index is 0.677. The van der Waals surface area contributed by atoms with Crippen LogP contribution >= 0.6 is 0 Å². The fourth-order valence-electron chi connectivity index (χ4n) is 0.392. The highest BCUT2D eigenvalue weighted by molar-refractivity contribution is 5.83. The lowest BCUT2D eigenvalue weighted by Gasteiger charge is -1.82. The van der Waals surface area contributed by atoms with E-state index < -0.39 is 0 Å². The molecule has 0 heterocycles. The smallest absolute Gasteiger partial charge is 0.145 e. The van der Waals surface area contributed by atoms with E-state index in [9.17, 15) is 4.79 Å². The van der Waals surface area contributed by atoms with Gasteiger partial charge in [-0.2, -0.15) is 0 Å². The normalized spacial score (nSPS) is 11.7. The molecule has 0 unspecified atom stereocenters. The van der Waals surface area contributed by atoms with Gasteiger partial charge in [0.1, 0.15) is 6.29 Å². The molecule has 0 saturated carbocycles. The number of carbonyl (C=O) groups is 1. The fourth-order valence-corrected chi connectivity index (χ4v) is 0.392. The van der Waals surface area contributed by atoms with Gasteiger partial charge >= 0.3 is 0 Å². The van der Waals surface area contributed by atoms with Crippen LogP contribution in [0.4, 0.5) is 0 Å². The monoisotopic (exact) mass is 151 g/mol. The van der Waals surface area contributed by atoms with Crippen molar-refractivity contribution in [3.8, 4) is 0 Å². The zero-order chi connectivity index (χ0) is 8.69. The van der Waals surface area contributed by atoms with Gasteiger partial charge < -0.3 is 0 Å². The number of hydrogen-bond acceptors (Lipinski definition) is 2. The molecule has 2 nitrogen and oxygen atoms in total. The van der Waals surface area contributed by atoms with Gasteiger partial charge in [-0.15, -0.1) is 0 Å². The van der Waals surface area contributed by atoms with E-state index in [0.717, 1.165) is 11.9 Å². The molecule has 0 rings (SSSR count). The van der Waals surface area contributed by atoms with Gasteiger partial charge in [-0.1, -0.05) is 5.57 Å². The number of aliphatic imine (C=N–C) groups is 1. The summed E-state index contributed by atoms with van der Waals surface area (Å²) in [4.78, 5) is 14.0. The molecule has 0 aliphatic heterocycles. The Kier molecular flexibility index (Phi) is 4.99. The van der Waals surface area contributed by atoms with Gasteiger partial charge in [0.05, 0.1) is 0 Å².